The second-order valence-corrected chi connectivity index (χ2v) is 6.60. The average molecular weight is 321 g/mol. The lowest BCUT2D eigenvalue weighted by Crippen LogP contribution is -2.35. The number of hydrogen-bond acceptors (Lipinski definition) is 5. The molecule has 0 spiro atoms. The summed E-state index contributed by atoms with van der Waals surface area (Å²) in [6, 6.07) is 7.79. The molecule has 0 aliphatic carbocycles. The Morgan fingerprint density at radius 2 is 2.09 bits per heavy atom. The smallest absolute Gasteiger partial charge is 0.161 e. The summed E-state index contributed by atoms with van der Waals surface area (Å²) >= 11 is 0. The van der Waals surface area contributed by atoms with Crippen molar-refractivity contribution in [3.63, 3.8) is 0 Å². The molecule has 5 nitrogen and oxygen atoms in total. The summed E-state index contributed by atoms with van der Waals surface area (Å²) < 4.78 is 22.3. The van der Waals surface area contributed by atoms with Gasteiger partial charge in [-0.25, -0.2) is 0 Å². The maximum Gasteiger partial charge on any atom is 0.161 e. The number of nitrogens with zero attached hydrogens (tertiary/aromatic N) is 1. The fraction of sp³-hybridized carbons (Fsp3) is 0.667. The van der Waals surface area contributed by atoms with Crippen LogP contribution in [0.5, 0.6) is 11.5 Å². The highest BCUT2D eigenvalue weighted by molar-refractivity contribution is 5.39. The second-order valence-electron chi connectivity index (χ2n) is 6.60. The summed E-state index contributed by atoms with van der Waals surface area (Å²) in [6.07, 6.45) is 1.01. The van der Waals surface area contributed by atoms with Crippen molar-refractivity contribution in [1.82, 2.24) is 4.90 Å². The van der Waals surface area contributed by atoms with E-state index in [4.69, 9.17) is 18.9 Å². The van der Waals surface area contributed by atoms with Gasteiger partial charge in [0.2, 0.25) is 0 Å². The van der Waals surface area contributed by atoms with E-state index in [0.29, 0.717) is 12.5 Å². The van der Waals surface area contributed by atoms with E-state index in [1.54, 1.807) is 14.2 Å². The van der Waals surface area contributed by atoms with Crippen LogP contribution in [-0.2, 0) is 9.47 Å². The topological polar surface area (TPSA) is 40.2 Å². The number of rotatable bonds is 8. The lowest BCUT2D eigenvalue weighted by Gasteiger charge is -2.26. The summed E-state index contributed by atoms with van der Waals surface area (Å²) in [5, 5.41) is 0. The van der Waals surface area contributed by atoms with Crippen molar-refractivity contribution in [2.45, 2.75) is 6.42 Å². The van der Waals surface area contributed by atoms with Crippen LogP contribution in [0, 0.1) is 11.3 Å². The molecular formula is C18H27NO4. The van der Waals surface area contributed by atoms with Gasteiger partial charge in [0.15, 0.2) is 11.5 Å². The SMILES string of the molecule is COC[C@@]12COC[C@@H]1CN(CCCOc1ccccc1OC)C2. The van der Waals surface area contributed by atoms with Crippen molar-refractivity contribution < 1.29 is 18.9 Å². The van der Waals surface area contributed by atoms with E-state index in [1.165, 1.54) is 0 Å². The van der Waals surface area contributed by atoms with Crippen molar-refractivity contribution in [1.29, 1.82) is 0 Å². The molecule has 0 saturated carbocycles. The van der Waals surface area contributed by atoms with Gasteiger partial charge in [0.05, 0.1) is 33.5 Å². The largest absolute Gasteiger partial charge is 0.493 e. The number of methoxy groups -OCH3 is 2. The lowest BCUT2D eigenvalue weighted by molar-refractivity contribution is 0.0536. The molecule has 0 bridgehead atoms. The van der Waals surface area contributed by atoms with Gasteiger partial charge in [-0.05, 0) is 18.6 Å². The van der Waals surface area contributed by atoms with Crippen LogP contribution in [0.25, 0.3) is 0 Å². The maximum atomic E-state index is 5.85. The van der Waals surface area contributed by atoms with Crippen molar-refractivity contribution in [3.05, 3.63) is 24.3 Å². The zero-order valence-electron chi connectivity index (χ0n) is 14.1. The number of hydrogen-bond donors (Lipinski definition) is 0. The molecule has 2 heterocycles. The Bertz CT molecular complexity index is 510. The van der Waals surface area contributed by atoms with Crippen LogP contribution in [-0.4, -0.2) is 65.2 Å². The Balaban J connectivity index is 1.43. The highest BCUT2D eigenvalue weighted by Crippen LogP contribution is 2.41. The molecule has 1 aromatic carbocycles. The fourth-order valence-electron chi connectivity index (χ4n) is 3.81. The monoisotopic (exact) mass is 321 g/mol. The average Bonchev–Trinajstić information content (AvgIpc) is 3.08. The highest BCUT2D eigenvalue weighted by Gasteiger charge is 2.50. The normalized spacial score (nSPS) is 27.1. The Labute approximate surface area is 138 Å². The maximum absolute atomic E-state index is 5.85. The molecule has 128 valence electrons. The summed E-state index contributed by atoms with van der Waals surface area (Å²) in [5.41, 5.74) is 0.207. The zero-order valence-corrected chi connectivity index (χ0v) is 14.1. The van der Waals surface area contributed by atoms with E-state index in [1.807, 2.05) is 24.3 Å². The van der Waals surface area contributed by atoms with E-state index >= 15 is 0 Å². The number of benzene rings is 1. The van der Waals surface area contributed by atoms with E-state index in [2.05, 4.69) is 4.90 Å². The van der Waals surface area contributed by atoms with Crippen LogP contribution in [0.1, 0.15) is 6.42 Å². The van der Waals surface area contributed by atoms with Gasteiger partial charge in [-0.2, -0.15) is 0 Å². The molecule has 1 aromatic rings. The van der Waals surface area contributed by atoms with Gasteiger partial charge in [0.25, 0.3) is 0 Å². The van der Waals surface area contributed by atoms with Crippen LogP contribution in [0.2, 0.25) is 0 Å². The number of likely N-dealkylation sites (tertiary alicyclic amines) is 1. The molecule has 2 saturated heterocycles. The second kappa shape index (κ2) is 7.51. The Morgan fingerprint density at radius 3 is 2.87 bits per heavy atom. The van der Waals surface area contributed by atoms with Crippen molar-refractivity contribution in [2.24, 2.45) is 11.3 Å². The van der Waals surface area contributed by atoms with Gasteiger partial charge in [0, 0.05) is 38.1 Å². The molecule has 2 fully saturated rings. The first kappa shape index (κ1) is 16.6. The number of fused-ring (bicyclic) bond motifs is 1. The third-order valence-corrected chi connectivity index (χ3v) is 4.97. The molecular weight excluding hydrogens is 294 g/mol. The summed E-state index contributed by atoms with van der Waals surface area (Å²) in [5.74, 6) is 2.22. The van der Waals surface area contributed by atoms with Gasteiger partial charge in [0.1, 0.15) is 0 Å². The summed E-state index contributed by atoms with van der Waals surface area (Å²) in [6.45, 7) is 6.44. The van der Waals surface area contributed by atoms with Crippen molar-refractivity contribution in [2.75, 3.05) is 60.3 Å². The molecule has 2 aliphatic rings. The predicted molar refractivity (Wildman–Crippen MR) is 88.2 cm³/mol. The standard InChI is InChI=1S/C18H27NO4/c1-20-13-18-12-19(10-15(18)11-22-14-18)8-5-9-23-17-7-4-3-6-16(17)21-2/h3-4,6-7,15H,5,8-14H2,1-2H3/t15-,18-/m0/s1. The Kier molecular flexibility index (Phi) is 5.41. The van der Waals surface area contributed by atoms with E-state index in [9.17, 15) is 0 Å². The molecule has 0 amide bonds. The van der Waals surface area contributed by atoms with Gasteiger partial charge in [-0.1, -0.05) is 12.1 Å². The van der Waals surface area contributed by atoms with Crippen LogP contribution in [0.4, 0.5) is 0 Å². The van der Waals surface area contributed by atoms with Gasteiger partial charge < -0.3 is 23.8 Å². The molecule has 0 N–H and O–H groups in total. The highest BCUT2D eigenvalue weighted by atomic mass is 16.5. The predicted octanol–water partition coefficient (Wildman–Crippen LogP) is 2.06. The molecule has 23 heavy (non-hydrogen) atoms. The van der Waals surface area contributed by atoms with Crippen molar-refractivity contribution in [3.8, 4) is 11.5 Å². The molecule has 2 atom stereocenters. The first-order valence-electron chi connectivity index (χ1n) is 8.32. The third-order valence-electron chi connectivity index (χ3n) is 4.97. The molecule has 0 unspecified atom stereocenters. The van der Waals surface area contributed by atoms with Crippen LogP contribution < -0.4 is 9.47 Å². The van der Waals surface area contributed by atoms with Crippen molar-refractivity contribution >= 4 is 0 Å². The molecule has 0 radical (unpaired) electrons. The summed E-state index contributed by atoms with van der Waals surface area (Å²) in [4.78, 5) is 2.53. The van der Waals surface area contributed by atoms with E-state index in [0.717, 1.165) is 57.4 Å². The number of ether oxygens (including phenoxy) is 4. The molecule has 5 heteroatoms. The summed E-state index contributed by atoms with van der Waals surface area (Å²) in [7, 11) is 3.45. The lowest BCUT2D eigenvalue weighted by atomic mass is 9.82. The minimum Gasteiger partial charge on any atom is -0.493 e. The van der Waals surface area contributed by atoms with Gasteiger partial charge in [-0.3, -0.25) is 0 Å². The Morgan fingerprint density at radius 1 is 1.26 bits per heavy atom. The van der Waals surface area contributed by atoms with Gasteiger partial charge >= 0.3 is 0 Å². The van der Waals surface area contributed by atoms with Gasteiger partial charge in [-0.15, -0.1) is 0 Å². The minimum absolute atomic E-state index is 0.207. The van der Waals surface area contributed by atoms with E-state index in [-0.39, 0.29) is 5.41 Å². The first-order valence-corrected chi connectivity index (χ1v) is 8.32. The Hall–Kier alpha value is -1.30. The quantitative estimate of drug-likeness (QED) is 0.686. The van der Waals surface area contributed by atoms with E-state index < -0.39 is 0 Å². The minimum atomic E-state index is 0.207. The third kappa shape index (κ3) is 3.62. The zero-order chi connectivity index (χ0) is 16.1. The van der Waals surface area contributed by atoms with Crippen LogP contribution in [0.3, 0.4) is 0 Å². The number of para-hydroxylation sites is 2. The van der Waals surface area contributed by atoms with Crippen LogP contribution >= 0.6 is 0 Å². The molecule has 3 rings (SSSR count). The molecule has 0 aromatic heterocycles. The fourth-order valence-corrected chi connectivity index (χ4v) is 3.81. The molecule has 2 aliphatic heterocycles. The first-order chi connectivity index (χ1) is 11.3. The van der Waals surface area contributed by atoms with Crippen LogP contribution in [0.15, 0.2) is 24.3 Å².